The first kappa shape index (κ1) is 22.3. The lowest BCUT2D eigenvalue weighted by Gasteiger charge is -2.03. The number of thioether (sulfide) groups is 1. The summed E-state index contributed by atoms with van der Waals surface area (Å²) < 4.78 is 14.4. The Bertz CT molecular complexity index is 1110. The average molecular weight is 455 g/mol. The van der Waals surface area contributed by atoms with Gasteiger partial charge >= 0.3 is 5.97 Å². The van der Waals surface area contributed by atoms with E-state index in [2.05, 4.69) is 28.5 Å². The van der Waals surface area contributed by atoms with Gasteiger partial charge in [0.25, 0.3) is 5.91 Å². The third-order valence-corrected chi connectivity index (χ3v) is 5.68. The first-order valence-electron chi connectivity index (χ1n) is 9.20. The first-order valence-corrected chi connectivity index (χ1v) is 11.0. The van der Waals surface area contributed by atoms with Crippen LogP contribution in [0.2, 0.25) is 0 Å². The highest BCUT2D eigenvalue weighted by atomic mass is 32.2. The van der Waals surface area contributed by atoms with E-state index < -0.39 is 11.9 Å². The normalized spacial score (nSPS) is 11.2. The second-order valence-corrected chi connectivity index (χ2v) is 8.39. The molecule has 1 amide bonds. The number of hydrogen-bond acceptors (Lipinski definition) is 9. The van der Waals surface area contributed by atoms with Gasteiger partial charge in [0.1, 0.15) is 17.4 Å². The molecule has 1 N–H and O–H groups in total. The fourth-order valence-electron chi connectivity index (χ4n) is 2.22. The largest absolute Gasteiger partial charge is 0.457 e. The highest BCUT2D eigenvalue weighted by Gasteiger charge is 2.14. The second-order valence-electron chi connectivity index (χ2n) is 6.65. The fraction of sp³-hybridized carbons (Fsp3) is 0.190. The van der Waals surface area contributed by atoms with E-state index in [1.165, 1.54) is 30.2 Å². The van der Waals surface area contributed by atoms with Crippen molar-refractivity contribution in [3.8, 4) is 11.8 Å². The van der Waals surface area contributed by atoms with Gasteiger partial charge in [-0.25, -0.2) is 4.79 Å². The van der Waals surface area contributed by atoms with Crippen LogP contribution in [0.3, 0.4) is 0 Å². The van der Waals surface area contributed by atoms with Crippen LogP contribution in [0.15, 0.2) is 57.8 Å². The SMILES string of the molecule is CC(C)CSc1nsc(NC(=O)/C(C#N)=C\c2ccc(OC(=O)c3ccco3)cc2)n1. The molecule has 0 aliphatic carbocycles. The molecule has 3 aromatic rings. The van der Waals surface area contributed by atoms with Gasteiger partial charge in [0, 0.05) is 17.3 Å². The minimum atomic E-state index is -0.617. The van der Waals surface area contributed by atoms with Crippen LogP contribution in [0.5, 0.6) is 5.75 Å². The molecule has 2 heterocycles. The predicted octanol–water partition coefficient (Wildman–Crippen LogP) is 4.64. The Morgan fingerprint density at radius 3 is 2.74 bits per heavy atom. The highest BCUT2D eigenvalue weighted by molar-refractivity contribution is 7.99. The van der Waals surface area contributed by atoms with E-state index in [0.29, 0.717) is 27.5 Å². The van der Waals surface area contributed by atoms with E-state index in [0.717, 1.165) is 17.3 Å². The number of furan rings is 1. The first-order chi connectivity index (χ1) is 14.9. The molecule has 0 spiro atoms. The lowest BCUT2D eigenvalue weighted by Crippen LogP contribution is -2.13. The van der Waals surface area contributed by atoms with Crippen molar-refractivity contribution in [1.82, 2.24) is 9.36 Å². The summed E-state index contributed by atoms with van der Waals surface area (Å²) in [6.45, 7) is 4.20. The van der Waals surface area contributed by atoms with E-state index in [4.69, 9.17) is 9.15 Å². The van der Waals surface area contributed by atoms with E-state index in [1.54, 1.807) is 30.3 Å². The van der Waals surface area contributed by atoms with Gasteiger partial charge in [0.15, 0.2) is 0 Å². The van der Waals surface area contributed by atoms with Crippen LogP contribution >= 0.6 is 23.3 Å². The van der Waals surface area contributed by atoms with Gasteiger partial charge in [-0.2, -0.15) is 14.6 Å². The van der Waals surface area contributed by atoms with Crippen molar-refractivity contribution in [3.05, 3.63) is 59.6 Å². The summed E-state index contributed by atoms with van der Waals surface area (Å²) >= 11 is 2.58. The molecule has 0 aliphatic rings. The third kappa shape index (κ3) is 6.53. The number of benzene rings is 1. The van der Waals surface area contributed by atoms with Gasteiger partial charge in [-0.05, 0) is 41.8 Å². The molecule has 2 aromatic heterocycles. The Kier molecular flexibility index (Phi) is 7.59. The summed E-state index contributed by atoms with van der Waals surface area (Å²) in [4.78, 5) is 28.6. The van der Waals surface area contributed by atoms with E-state index in [1.807, 2.05) is 6.07 Å². The number of ether oxygens (including phenoxy) is 1. The van der Waals surface area contributed by atoms with Crippen LogP contribution < -0.4 is 10.1 Å². The molecule has 10 heteroatoms. The van der Waals surface area contributed by atoms with Crippen LogP contribution in [0, 0.1) is 17.2 Å². The lowest BCUT2D eigenvalue weighted by molar-refractivity contribution is -0.112. The number of anilines is 1. The monoisotopic (exact) mass is 454 g/mol. The summed E-state index contributed by atoms with van der Waals surface area (Å²) in [7, 11) is 0. The van der Waals surface area contributed by atoms with Gasteiger partial charge in [-0.1, -0.05) is 37.7 Å². The minimum Gasteiger partial charge on any atom is -0.457 e. The molecule has 0 saturated carbocycles. The molecule has 31 heavy (non-hydrogen) atoms. The zero-order chi connectivity index (χ0) is 22.2. The van der Waals surface area contributed by atoms with E-state index in [-0.39, 0.29) is 11.3 Å². The zero-order valence-electron chi connectivity index (χ0n) is 16.7. The van der Waals surface area contributed by atoms with Crippen molar-refractivity contribution < 1.29 is 18.7 Å². The maximum atomic E-state index is 12.4. The molecule has 0 unspecified atom stereocenters. The molecule has 0 fully saturated rings. The molecule has 158 valence electrons. The maximum Gasteiger partial charge on any atom is 0.379 e. The van der Waals surface area contributed by atoms with Crippen molar-refractivity contribution in [3.63, 3.8) is 0 Å². The van der Waals surface area contributed by atoms with Gasteiger partial charge in [0.2, 0.25) is 16.0 Å². The molecule has 0 radical (unpaired) electrons. The van der Waals surface area contributed by atoms with Crippen LogP contribution in [0.1, 0.15) is 30.0 Å². The van der Waals surface area contributed by atoms with Crippen molar-refractivity contribution in [2.45, 2.75) is 19.0 Å². The molecule has 0 atom stereocenters. The van der Waals surface area contributed by atoms with Gasteiger partial charge in [0.05, 0.1) is 6.26 Å². The second kappa shape index (κ2) is 10.6. The predicted molar refractivity (Wildman–Crippen MR) is 118 cm³/mol. The Hall–Kier alpha value is -3.42. The van der Waals surface area contributed by atoms with Gasteiger partial charge in [-0.3, -0.25) is 10.1 Å². The Balaban J connectivity index is 1.62. The van der Waals surface area contributed by atoms with Crippen molar-refractivity contribution in [2.24, 2.45) is 5.92 Å². The number of esters is 1. The van der Waals surface area contributed by atoms with Crippen LogP contribution in [-0.2, 0) is 4.79 Å². The molecule has 3 rings (SSSR count). The van der Waals surface area contributed by atoms with Crippen LogP contribution in [0.4, 0.5) is 5.13 Å². The van der Waals surface area contributed by atoms with E-state index in [9.17, 15) is 14.9 Å². The number of carbonyl (C=O) groups excluding carboxylic acids is 2. The highest BCUT2D eigenvalue weighted by Crippen LogP contribution is 2.22. The quantitative estimate of drug-likeness (QED) is 0.172. The smallest absolute Gasteiger partial charge is 0.379 e. The topological polar surface area (TPSA) is 118 Å². The van der Waals surface area contributed by atoms with Crippen molar-refractivity contribution in [2.75, 3.05) is 11.1 Å². The summed E-state index contributed by atoms with van der Waals surface area (Å²) in [5, 5.41) is 12.9. The Labute approximate surface area is 187 Å². The number of nitrogens with zero attached hydrogens (tertiary/aromatic N) is 3. The van der Waals surface area contributed by atoms with Crippen molar-refractivity contribution in [1.29, 1.82) is 5.26 Å². The minimum absolute atomic E-state index is 0.0908. The molecule has 1 aromatic carbocycles. The number of amides is 1. The zero-order valence-corrected chi connectivity index (χ0v) is 18.3. The third-order valence-electron chi connectivity index (χ3n) is 3.66. The van der Waals surface area contributed by atoms with Gasteiger partial charge < -0.3 is 9.15 Å². The summed E-state index contributed by atoms with van der Waals surface area (Å²) in [6, 6.07) is 11.3. The molecule has 0 aliphatic heterocycles. The number of nitrogens with one attached hydrogen (secondary N) is 1. The number of rotatable bonds is 8. The standard InChI is InChI=1S/C21H18N4O4S2/c1-13(2)12-30-21-24-20(31-25-21)23-18(26)15(11-22)10-14-5-7-16(8-6-14)29-19(27)17-4-3-9-28-17/h3-10,13H,12H2,1-2H3,(H,23,24,25,26)/b15-10-. The summed E-state index contributed by atoms with van der Waals surface area (Å²) in [5.74, 6) is 0.581. The molecule has 8 nitrogen and oxygen atoms in total. The average Bonchev–Trinajstić information content (AvgIpc) is 3.44. The Morgan fingerprint density at radius 1 is 1.32 bits per heavy atom. The maximum absolute atomic E-state index is 12.4. The lowest BCUT2D eigenvalue weighted by atomic mass is 10.1. The van der Waals surface area contributed by atoms with Gasteiger partial charge in [-0.15, -0.1) is 0 Å². The van der Waals surface area contributed by atoms with E-state index >= 15 is 0 Å². The molecular weight excluding hydrogens is 436 g/mol. The van der Waals surface area contributed by atoms with Crippen LogP contribution in [0.25, 0.3) is 6.08 Å². The molecular formula is C21H18N4O4S2. The molecule has 0 bridgehead atoms. The van der Waals surface area contributed by atoms with Crippen LogP contribution in [-0.4, -0.2) is 27.0 Å². The summed E-state index contributed by atoms with van der Waals surface area (Å²) in [5.41, 5.74) is 0.502. The number of aromatic nitrogens is 2. The molecule has 0 saturated heterocycles. The Morgan fingerprint density at radius 2 is 2.10 bits per heavy atom. The number of hydrogen-bond donors (Lipinski definition) is 1. The number of carbonyl (C=O) groups is 2. The fourth-order valence-corrected chi connectivity index (χ4v) is 3.71. The van der Waals surface area contributed by atoms with Crippen molar-refractivity contribution >= 4 is 46.4 Å². The number of nitriles is 1. The summed E-state index contributed by atoms with van der Waals surface area (Å²) in [6.07, 6.45) is 2.81.